The number of aliphatic hydroxyl groups is 1. The molecule has 0 spiro atoms. The molecular formula is C30H44F2N4O8. The van der Waals surface area contributed by atoms with E-state index in [1.807, 2.05) is 0 Å². The predicted molar refractivity (Wildman–Crippen MR) is 155 cm³/mol. The van der Waals surface area contributed by atoms with Crippen molar-refractivity contribution in [2.24, 2.45) is 5.92 Å². The summed E-state index contributed by atoms with van der Waals surface area (Å²) in [5.74, 6) is -9.18. The number of nitrogens with zero attached hydrogens (tertiary/aromatic N) is 1. The maximum absolute atomic E-state index is 15.2. The predicted octanol–water partition coefficient (Wildman–Crippen LogP) is 2.28. The van der Waals surface area contributed by atoms with Gasteiger partial charge < -0.3 is 35.4 Å². The second-order valence-corrected chi connectivity index (χ2v) is 12.1. The number of alkyl halides is 2. The van der Waals surface area contributed by atoms with Crippen molar-refractivity contribution >= 4 is 29.8 Å². The number of amides is 4. The van der Waals surface area contributed by atoms with Crippen molar-refractivity contribution in [1.82, 2.24) is 20.9 Å². The summed E-state index contributed by atoms with van der Waals surface area (Å²) in [6, 6.07) is 4.11. The zero-order chi connectivity index (χ0) is 33.2. The van der Waals surface area contributed by atoms with E-state index in [0.717, 1.165) is 4.90 Å². The molecule has 1 fully saturated rings. The molecule has 4 amide bonds. The highest BCUT2D eigenvalue weighted by molar-refractivity contribution is 5.91. The van der Waals surface area contributed by atoms with Crippen LogP contribution >= 0.6 is 0 Å². The zero-order valence-corrected chi connectivity index (χ0v) is 26.0. The van der Waals surface area contributed by atoms with Crippen LogP contribution < -0.4 is 16.0 Å². The Hall–Kier alpha value is -3.81. The maximum atomic E-state index is 15.2. The number of nitrogens with one attached hydrogen (secondary N) is 3. The molecule has 0 bridgehead atoms. The Bertz CT molecular complexity index is 1150. The molecule has 2 rings (SSSR count). The first-order valence-corrected chi connectivity index (χ1v) is 14.6. The van der Waals surface area contributed by atoms with Crippen molar-refractivity contribution in [1.29, 1.82) is 0 Å². The van der Waals surface area contributed by atoms with Gasteiger partial charge in [-0.1, -0.05) is 44.2 Å². The Morgan fingerprint density at radius 1 is 0.932 bits per heavy atom. The van der Waals surface area contributed by atoms with Crippen LogP contribution in [0.15, 0.2) is 30.3 Å². The van der Waals surface area contributed by atoms with Crippen LogP contribution in [0.4, 0.5) is 13.6 Å². The summed E-state index contributed by atoms with van der Waals surface area (Å²) in [7, 11) is 0. The van der Waals surface area contributed by atoms with E-state index in [1.54, 1.807) is 65.0 Å². The number of carbonyl (C=O) groups is 5. The minimum atomic E-state index is -4.34. The lowest BCUT2D eigenvalue weighted by atomic mass is 9.99. The molecule has 0 saturated carbocycles. The summed E-state index contributed by atoms with van der Waals surface area (Å²) in [6.45, 7) is 9.49. The van der Waals surface area contributed by atoms with Crippen molar-refractivity contribution < 1.29 is 47.3 Å². The first kappa shape index (κ1) is 36.4. The van der Waals surface area contributed by atoms with E-state index in [1.165, 1.54) is 6.92 Å². The van der Waals surface area contributed by atoms with Gasteiger partial charge in [-0.25, -0.2) is 4.79 Å². The maximum Gasteiger partial charge on any atom is 0.408 e. The number of hydrogen-bond acceptors (Lipinski definition) is 8. The topological polar surface area (TPSA) is 163 Å². The fraction of sp³-hybridized carbons (Fsp3) is 0.633. The molecule has 0 unspecified atom stereocenters. The summed E-state index contributed by atoms with van der Waals surface area (Å²) in [4.78, 5) is 64.4. The Morgan fingerprint density at radius 2 is 1.52 bits per heavy atom. The van der Waals surface area contributed by atoms with E-state index >= 15 is 8.78 Å². The van der Waals surface area contributed by atoms with E-state index in [4.69, 9.17) is 9.47 Å². The molecular weight excluding hydrogens is 582 g/mol. The van der Waals surface area contributed by atoms with Crippen LogP contribution in [0.25, 0.3) is 0 Å². The Balaban J connectivity index is 2.16. The van der Waals surface area contributed by atoms with Gasteiger partial charge in [-0.05, 0) is 52.0 Å². The largest absolute Gasteiger partial charge is 0.461 e. The number of esters is 1. The van der Waals surface area contributed by atoms with Crippen LogP contribution in [-0.4, -0.2) is 88.6 Å². The van der Waals surface area contributed by atoms with Gasteiger partial charge in [0.15, 0.2) is 0 Å². The van der Waals surface area contributed by atoms with Gasteiger partial charge in [-0.15, -0.1) is 0 Å². The van der Waals surface area contributed by atoms with Gasteiger partial charge in [0.05, 0.1) is 12.5 Å². The van der Waals surface area contributed by atoms with Crippen LogP contribution in [0.2, 0.25) is 0 Å². The number of aliphatic hydroxyl groups excluding tert-OH is 1. The van der Waals surface area contributed by atoms with Crippen LogP contribution in [0, 0.1) is 5.92 Å². The molecule has 0 aromatic heterocycles. The second kappa shape index (κ2) is 15.8. The van der Waals surface area contributed by atoms with Crippen molar-refractivity contribution in [2.75, 3.05) is 13.1 Å². The summed E-state index contributed by atoms with van der Waals surface area (Å²) < 4.78 is 40.8. The number of halogens is 2. The Morgan fingerprint density at radius 3 is 2.07 bits per heavy atom. The minimum absolute atomic E-state index is 0.0920. The standard InChI is InChI=1S/C30H44F2N4O8/c1-18(2)23(35-28(42)44-29(4,5)6)26(40)33-19(3)25(39)34-21(16-22(37)43-17-20-12-8-7-9-13-20)24(38)30(31,32)27(41)36-14-10-11-15-36/h7-9,12-13,18-19,21,23-24,38H,10-11,14-17H2,1-6H3,(H,33,40)(H,34,39)(H,35,42)/t19-,21-,23-,24+/m0/s1. The molecule has 0 aliphatic carbocycles. The third kappa shape index (κ3) is 11.0. The van der Waals surface area contributed by atoms with E-state index in [0.29, 0.717) is 18.4 Å². The average molecular weight is 627 g/mol. The second-order valence-electron chi connectivity index (χ2n) is 12.1. The first-order chi connectivity index (χ1) is 20.4. The summed E-state index contributed by atoms with van der Waals surface area (Å²) in [5.41, 5.74) is -0.210. The molecule has 1 aromatic carbocycles. The number of carbonyl (C=O) groups excluding carboxylic acids is 5. The molecule has 1 saturated heterocycles. The molecule has 1 aliphatic rings. The average Bonchev–Trinajstić information content (AvgIpc) is 3.48. The van der Waals surface area contributed by atoms with Gasteiger partial charge in [0.25, 0.3) is 5.91 Å². The van der Waals surface area contributed by atoms with Crippen molar-refractivity contribution in [3.8, 4) is 0 Å². The molecule has 1 aromatic rings. The molecule has 0 radical (unpaired) electrons. The molecule has 246 valence electrons. The lowest BCUT2D eigenvalue weighted by Crippen LogP contribution is -2.61. The lowest BCUT2D eigenvalue weighted by Gasteiger charge is -2.32. The molecule has 4 atom stereocenters. The Labute approximate surface area is 256 Å². The monoisotopic (exact) mass is 626 g/mol. The van der Waals surface area contributed by atoms with Crippen LogP contribution in [0.1, 0.15) is 66.4 Å². The highest BCUT2D eigenvalue weighted by Gasteiger charge is 2.53. The van der Waals surface area contributed by atoms with Crippen molar-refractivity contribution in [3.05, 3.63) is 35.9 Å². The number of hydrogen-bond donors (Lipinski definition) is 4. The lowest BCUT2D eigenvalue weighted by molar-refractivity contribution is -0.179. The molecule has 14 heteroatoms. The quantitative estimate of drug-likeness (QED) is 0.242. The third-order valence-electron chi connectivity index (χ3n) is 6.76. The number of ether oxygens (including phenoxy) is 2. The smallest absolute Gasteiger partial charge is 0.408 e. The van der Waals surface area contributed by atoms with Gasteiger partial charge in [0.2, 0.25) is 11.8 Å². The van der Waals surface area contributed by atoms with Crippen molar-refractivity contribution in [3.63, 3.8) is 0 Å². The summed E-state index contributed by atoms with van der Waals surface area (Å²) >= 11 is 0. The minimum Gasteiger partial charge on any atom is -0.461 e. The normalized spacial score (nSPS) is 16.4. The van der Waals surface area contributed by atoms with E-state index in [-0.39, 0.29) is 19.7 Å². The number of benzene rings is 1. The Kier molecular flexibility index (Phi) is 13.0. The number of rotatable bonds is 13. The zero-order valence-electron chi connectivity index (χ0n) is 26.0. The van der Waals surface area contributed by atoms with Gasteiger partial charge in [0, 0.05) is 13.1 Å². The fourth-order valence-electron chi connectivity index (χ4n) is 4.37. The third-order valence-corrected chi connectivity index (χ3v) is 6.76. The fourth-order valence-corrected chi connectivity index (χ4v) is 4.37. The van der Waals surface area contributed by atoms with Crippen LogP contribution in [-0.2, 0) is 35.3 Å². The molecule has 1 aliphatic heterocycles. The number of alkyl carbamates (subject to hydrolysis) is 1. The molecule has 12 nitrogen and oxygen atoms in total. The van der Waals surface area contributed by atoms with Gasteiger partial charge >= 0.3 is 18.0 Å². The highest BCUT2D eigenvalue weighted by atomic mass is 19.3. The molecule has 1 heterocycles. The van der Waals surface area contributed by atoms with E-state index < -0.39 is 77.9 Å². The van der Waals surface area contributed by atoms with Crippen LogP contribution in [0.3, 0.4) is 0 Å². The first-order valence-electron chi connectivity index (χ1n) is 14.6. The van der Waals surface area contributed by atoms with Gasteiger partial charge in [-0.2, -0.15) is 8.78 Å². The van der Waals surface area contributed by atoms with E-state index in [9.17, 15) is 29.1 Å². The highest BCUT2D eigenvalue weighted by Crippen LogP contribution is 2.27. The molecule has 44 heavy (non-hydrogen) atoms. The van der Waals surface area contributed by atoms with Crippen LogP contribution in [0.5, 0.6) is 0 Å². The van der Waals surface area contributed by atoms with Crippen molar-refractivity contribution in [2.45, 2.75) is 103 Å². The van der Waals surface area contributed by atoms with Gasteiger partial charge in [-0.3, -0.25) is 19.2 Å². The summed E-state index contributed by atoms with van der Waals surface area (Å²) in [6.07, 6.45) is -3.48. The SMILES string of the molecule is CC(C)[C@H](NC(=O)OC(C)(C)C)C(=O)N[C@@H](C)C(=O)N[C@@H](CC(=O)OCc1ccccc1)[C@@H](O)C(F)(F)C(=O)N1CCCC1. The van der Waals surface area contributed by atoms with E-state index in [2.05, 4.69) is 16.0 Å². The molecule has 4 N–H and O–H groups in total. The summed E-state index contributed by atoms with van der Waals surface area (Å²) in [5, 5.41) is 17.7. The number of likely N-dealkylation sites (tertiary alicyclic amines) is 1. The van der Waals surface area contributed by atoms with Gasteiger partial charge in [0.1, 0.15) is 30.4 Å².